The molecule has 0 radical (unpaired) electrons. The summed E-state index contributed by atoms with van der Waals surface area (Å²) in [6.45, 7) is 5.33. The van der Waals surface area contributed by atoms with E-state index < -0.39 is 29.9 Å². The van der Waals surface area contributed by atoms with Crippen LogP contribution in [0.1, 0.15) is 39.0 Å². The normalized spacial score (nSPS) is 15.4. The smallest absolute Gasteiger partial charge is 0.408 e. The Morgan fingerprint density at radius 2 is 2.00 bits per heavy atom. The van der Waals surface area contributed by atoms with Crippen LogP contribution in [0.5, 0.6) is 0 Å². The summed E-state index contributed by atoms with van der Waals surface area (Å²) < 4.78 is 4.74. The lowest BCUT2D eigenvalue weighted by molar-refractivity contribution is -0.199. The molecule has 0 aromatic rings. The maximum Gasteiger partial charge on any atom is 0.408 e. The van der Waals surface area contributed by atoms with Crippen molar-refractivity contribution in [2.75, 3.05) is 6.61 Å². The van der Waals surface area contributed by atoms with Crippen LogP contribution in [-0.4, -0.2) is 41.6 Å². The number of hydroxylamine groups is 2. The van der Waals surface area contributed by atoms with Crippen LogP contribution in [0.4, 0.5) is 4.79 Å². The molecule has 1 fully saturated rings. The molecule has 1 N–H and O–H groups in total. The Kier molecular flexibility index (Phi) is 7.07. The number of carbonyl (C=O) groups excluding carboxylic acids is 4. The van der Waals surface area contributed by atoms with E-state index in [0.717, 1.165) is 6.42 Å². The third-order valence-electron chi connectivity index (χ3n) is 2.94. The second kappa shape index (κ2) is 8.81. The molecule has 1 aliphatic heterocycles. The first-order valence-corrected chi connectivity index (χ1v) is 7.11. The van der Waals surface area contributed by atoms with Crippen molar-refractivity contribution < 1.29 is 28.8 Å². The van der Waals surface area contributed by atoms with E-state index in [2.05, 4.69) is 11.9 Å². The van der Waals surface area contributed by atoms with E-state index in [4.69, 9.17) is 9.57 Å². The van der Waals surface area contributed by atoms with Gasteiger partial charge in [-0.2, -0.15) is 0 Å². The molecular formula is C14H20N2O6. The van der Waals surface area contributed by atoms with E-state index in [0.29, 0.717) is 17.9 Å². The van der Waals surface area contributed by atoms with Crippen molar-refractivity contribution in [3.8, 4) is 0 Å². The van der Waals surface area contributed by atoms with Crippen LogP contribution in [0.15, 0.2) is 12.7 Å². The minimum absolute atomic E-state index is 0.00444. The molecule has 1 saturated heterocycles. The van der Waals surface area contributed by atoms with Gasteiger partial charge in [0.2, 0.25) is 0 Å². The van der Waals surface area contributed by atoms with Crippen LogP contribution in [0.25, 0.3) is 0 Å². The number of alkyl carbamates (subject to hydrolysis) is 1. The molecule has 8 heteroatoms. The maximum atomic E-state index is 12.0. The molecular weight excluding hydrogens is 292 g/mol. The summed E-state index contributed by atoms with van der Waals surface area (Å²) in [7, 11) is 0. The van der Waals surface area contributed by atoms with Gasteiger partial charge in [0.15, 0.2) is 0 Å². The van der Waals surface area contributed by atoms with E-state index in [1.165, 1.54) is 6.08 Å². The summed E-state index contributed by atoms with van der Waals surface area (Å²) >= 11 is 0. The van der Waals surface area contributed by atoms with Gasteiger partial charge in [0.25, 0.3) is 11.8 Å². The molecule has 0 bridgehead atoms. The number of nitrogens with zero attached hydrogens (tertiary/aromatic N) is 1. The van der Waals surface area contributed by atoms with Gasteiger partial charge >= 0.3 is 12.1 Å². The minimum atomic E-state index is -0.988. The molecule has 0 unspecified atom stereocenters. The summed E-state index contributed by atoms with van der Waals surface area (Å²) in [4.78, 5) is 51.2. The highest BCUT2D eigenvalue weighted by Gasteiger charge is 2.35. The molecule has 1 heterocycles. The van der Waals surface area contributed by atoms with Crippen molar-refractivity contribution in [2.45, 2.75) is 45.1 Å². The second-order valence-corrected chi connectivity index (χ2v) is 4.72. The first-order chi connectivity index (χ1) is 10.5. The van der Waals surface area contributed by atoms with Crippen molar-refractivity contribution in [3.05, 3.63) is 12.7 Å². The molecule has 22 heavy (non-hydrogen) atoms. The maximum absolute atomic E-state index is 12.0. The summed E-state index contributed by atoms with van der Waals surface area (Å²) in [5, 5.41) is 2.81. The van der Waals surface area contributed by atoms with E-state index in [1.807, 2.05) is 6.92 Å². The first-order valence-electron chi connectivity index (χ1n) is 7.11. The summed E-state index contributed by atoms with van der Waals surface area (Å²) in [5.74, 6) is -2.00. The first kappa shape index (κ1) is 17.7. The monoisotopic (exact) mass is 312 g/mol. The van der Waals surface area contributed by atoms with E-state index in [1.54, 1.807) is 0 Å². The zero-order valence-corrected chi connectivity index (χ0v) is 12.5. The van der Waals surface area contributed by atoms with E-state index >= 15 is 0 Å². The SMILES string of the molecule is C=CCOC(=O)N[C@@H](CCCC)C(=O)ON1C(=O)CCC1=O. The van der Waals surface area contributed by atoms with Gasteiger partial charge < -0.3 is 14.9 Å². The Morgan fingerprint density at radius 3 is 2.55 bits per heavy atom. The lowest BCUT2D eigenvalue weighted by Crippen LogP contribution is -2.45. The van der Waals surface area contributed by atoms with Crippen LogP contribution in [0.3, 0.4) is 0 Å². The fourth-order valence-corrected chi connectivity index (χ4v) is 1.79. The van der Waals surface area contributed by atoms with E-state index in [-0.39, 0.29) is 19.4 Å². The third kappa shape index (κ3) is 5.19. The third-order valence-corrected chi connectivity index (χ3v) is 2.94. The minimum Gasteiger partial charge on any atom is -0.445 e. The van der Waals surface area contributed by atoms with Crippen molar-refractivity contribution in [1.29, 1.82) is 0 Å². The average molecular weight is 312 g/mol. The molecule has 1 rings (SSSR count). The molecule has 8 nitrogen and oxygen atoms in total. The Balaban J connectivity index is 2.62. The van der Waals surface area contributed by atoms with Gasteiger partial charge in [-0.3, -0.25) is 9.59 Å². The van der Waals surface area contributed by atoms with Gasteiger partial charge in [0, 0.05) is 12.8 Å². The number of unbranched alkanes of at least 4 members (excludes halogenated alkanes) is 1. The number of imide groups is 1. The van der Waals surface area contributed by atoms with Gasteiger partial charge in [-0.1, -0.05) is 32.4 Å². The quantitative estimate of drug-likeness (QED) is 0.531. The zero-order valence-electron chi connectivity index (χ0n) is 12.5. The highest BCUT2D eigenvalue weighted by Crippen LogP contribution is 2.14. The number of amides is 3. The Hall–Kier alpha value is -2.38. The van der Waals surface area contributed by atoms with Crippen molar-refractivity contribution >= 4 is 23.9 Å². The molecule has 0 aromatic heterocycles. The second-order valence-electron chi connectivity index (χ2n) is 4.72. The topological polar surface area (TPSA) is 102 Å². The molecule has 0 aliphatic carbocycles. The number of hydrogen-bond acceptors (Lipinski definition) is 6. The number of carbonyl (C=O) groups is 4. The van der Waals surface area contributed by atoms with Gasteiger partial charge in [0.05, 0.1) is 0 Å². The van der Waals surface area contributed by atoms with Crippen LogP contribution >= 0.6 is 0 Å². The molecule has 122 valence electrons. The molecule has 0 spiro atoms. The zero-order chi connectivity index (χ0) is 16.5. The van der Waals surface area contributed by atoms with Crippen LogP contribution in [0.2, 0.25) is 0 Å². The average Bonchev–Trinajstić information content (AvgIpc) is 2.81. The van der Waals surface area contributed by atoms with Gasteiger partial charge in [-0.25, -0.2) is 9.59 Å². The fourth-order valence-electron chi connectivity index (χ4n) is 1.79. The molecule has 0 aromatic carbocycles. The van der Waals surface area contributed by atoms with Gasteiger partial charge in [0.1, 0.15) is 12.6 Å². The number of hydrogen-bond donors (Lipinski definition) is 1. The molecule has 0 saturated carbocycles. The molecule has 3 amide bonds. The molecule has 1 aliphatic rings. The number of nitrogens with one attached hydrogen (secondary N) is 1. The summed E-state index contributed by atoms with van der Waals surface area (Å²) in [6, 6.07) is -0.988. The Morgan fingerprint density at radius 1 is 1.36 bits per heavy atom. The highest BCUT2D eigenvalue weighted by molar-refractivity contribution is 6.01. The predicted molar refractivity (Wildman–Crippen MR) is 75.2 cm³/mol. The van der Waals surface area contributed by atoms with Crippen molar-refractivity contribution in [2.24, 2.45) is 0 Å². The highest BCUT2D eigenvalue weighted by atomic mass is 16.7. The summed E-state index contributed by atoms with van der Waals surface area (Å²) in [5.41, 5.74) is 0. The number of ether oxygens (including phenoxy) is 1. The Bertz CT molecular complexity index is 446. The van der Waals surface area contributed by atoms with Crippen LogP contribution < -0.4 is 5.32 Å². The lowest BCUT2D eigenvalue weighted by atomic mass is 10.1. The predicted octanol–water partition coefficient (Wildman–Crippen LogP) is 1.06. The van der Waals surface area contributed by atoms with Crippen LogP contribution in [-0.2, 0) is 24.0 Å². The molecule has 1 atom stereocenters. The van der Waals surface area contributed by atoms with Crippen molar-refractivity contribution in [3.63, 3.8) is 0 Å². The van der Waals surface area contributed by atoms with Crippen molar-refractivity contribution in [1.82, 2.24) is 10.4 Å². The summed E-state index contributed by atoms with van der Waals surface area (Å²) in [6.07, 6.45) is 2.39. The standard InChI is InChI=1S/C14H20N2O6/c1-3-5-6-10(15-14(20)21-9-4-2)13(19)22-16-11(17)7-8-12(16)18/h4,10H,2-3,5-9H2,1H3,(H,15,20)/t10-/m0/s1. The number of rotatable bonds is 8. The fraction of sp³-hybridized carbons (Fsp3) is 0.571. The van der Waals surface area contributed by atoms with Gasteiger partial charge in [-0.15, -0.1) is 5.06 Å². The largest absolute Gasteiger partial charge is 0.445 e. The van der Waals surface area contributed by atoms with E-state index in [9.17, 15) is 19.2 Å². The van der Waals surface area contributed by atoms with Gasteiger partial charge in [-0.05, 0) is 6.42 Å². The Labute approximate surface area is 128 Å². The van der Waals surface area contributed by atoms with Crippen LogP contribution in [0, 0.1) is 0 Å². The lowest BCUT2D eigenvalue weighted by Gasteiger charge is -2.19.